The van der Waals surface area contributed by atoms with Crippen LogP contribution in [0.3, 0.4) is 0 Å². The molecule has 0 radical (unpaired) electrons. The molecule has 82 valence electrons. The molecule has 3 nitrogen and oxygen atoms in total. The van der Waals surface area contributed by atoms with E-state index < -0.39 is 5.60 Å². The number of aromatic nitrogens is 1. The average Bonchev–Trinajstić information content (AvgIpc) is 2.63. The van der Waals surface area contributed by atoms with E-state index in [-0.39, 0.29) is 5.82 Å². The van der Waals surface area contributed by atoms with Crippen molar-refractivity contribution in [1.82, 2.24) is 4.98 Å². The van der Waals surface area contributed by atoms with Gasteiger partial charge in [0, 0.05) is 13.1 Å². The van der Waals surface area contributed by atoms with Gasteiger partial charge in [-0.2, -0.15) is 0 Å². The smallest absolute Gasteiger partial charge is 0.141 e. The third-order valence-corrected chi connectivity index (χ3v) is 3.03. The predicted molar refractivity (Wildman–Crippen MR) is 56.3 cm³/mol. The van der Waals surface area contributed by atoms with Gasteiger partial charge in [-0.15, -0.1) is 0 Å². The van der Waals surface area contributed by atoms with Crippen molar-refractivity contribution in [2.75, 3.05) is 18.0 Å². The molecule has 0 aromatic carbocycles. The van der Waals surface area contributed by atoms with Crippen molar-refractivity contribution in [3.05, 3.63) is 24.1 Å². The molecule has 2 heterocycles. The highest BCUT2D eigenvalue weighted by Gasteiger charge is 2.34. The van der Waals surface area contributed by atoms with Crippen molar-refractivity contribution in [2.45, 2.75) is 25.4 Å². The Morgan fingerprint density at radius 2 is 2.40 bits per heavy atom. The molecule has 1 unspecified atom stereocenters. The van der Waals surface area contributed by atoms with E-state index in [4.69, 9.17) is 0 Å². The zero-order valence-corrected chi connectivity index (χ0v) is 8.78. The minimum atomic E-state index is -0.601. The van der Waals surface area contributed by atoms with E-state index in [1.165, 1.54) is 12.3 Å². The van der Waals surface area contributed by atoms with Crippen molar-refractivity contribution in [3.8, 4) is 0 Å². The number of anilines is 1. The third-order valence-electron chi connectivity index (χ3n) is 3.03. The van der Waals surface area contributed by atoms with E-state index in [9.17, 15) is 9.50 Å². The first kappa shape index (κ1) is 10.4. The van der Waals surface area contributed by atoms with Gasteiger partial charge in [0.1, 0.15) is 11.6 Å². The minimum absolute atomic E-state index is 0.330. The Bertz CT molecular complexity index is 341. The zero-order chi connectivity index (χ0) is 10.9. The lowest BCUT2D eigenvalue weighted by molar-refractivity contribution is 0.0593. The molecule has 1 aliphatic rings. The van der Waals surface area contributed by atoms with Gasteiger partial charge in [-0.05, 0) is 25.0 Å². The molecule has 4 heteroatoms. The number of β-amino-alcohol motifs (C(OH)–C–C–N with tert-alkyl or cyclic N) is 1. The fourth-order valence-corrected chi connectivity index (χ4v) is 1.90. The molecular weight excluding hydrogens is 195 g/mol. The summed E-state index contributed by atoms with van der Waals surface area (Å²) in [7, 11) is 0. The number of nitrogens with zero attached hydrogens (tertiary/aromatic N) is 2. The molecule has 0 amide bonds. The van der Waals surface area contributed by atoms with E-state index >= 15 is 0 Å². The number of pyridine rings is 1. The molecule has 1 N–H and O–H groups in total. The molecule has 0 saturated carbocycles. The van der Waals surface area contributed by atoms with Crippen LogP contribution in [0, 0.1) is 5.82 Å². The van der Waals surface area contributed by atoms with E-state index in [2.05, 4.69) is 4.98 Å². The Kier molecular flexibility index (Phi) is 2.61. The van der Waals surface area contributed by atoms with Crippen molar-refractivity contribution in [1.29, 1.82) is 0 Å². The molecule has 1 aromatic rings. The highest BCUT2D eigenvalue weighted by Crippen LogP contribution is 2.27. The van der Waals surface area contributed by atoms with Gasteiger partial charge in [0.05, 0.1) is 11.8 Å². The Labute approximate surface area is 88.6 Å². The van der Waals surface area contributed by atoms with Gasteiger partial charge < -0.3 is 10.0 Å². The summed E-state index contributed by atoms with van der Waals surface area (Å²) in [6, 6.07) is 3.04. The summed E-state index contributed by atoms with van der Waals surface area (Å²) in [5, 5.41) is 10.0. The first-order valence-electron chi connectivity index (χ1n) is 5.22. The van der Waals surface area contributed by atoms with Gasteiger partial charge >= 0.3 is 0 Å². The maximum atomic E-state index is 12.7. The summed E-state index contributed by atoms with van der Waals surface area (Å²) < 4.78 is 12.7. The molecule has 2 rings (SSSR count). The van der Waals surface area contributed by atoms with E-state index in [1.807, 2.05) is 11.8 Å². The lowest BCUT2D eigenvalue weighted by atomic mass is 10.0. The molecule has 1 aromatic heterocycles. The van der Waals surface area contributed by atoms with Gasteiger partial charge in [0.15, 0.2) is 0 Å². The molecule has 1 atom stereocenters. The molecule has 1 aliphatic heterocycles. The van der Waals surface area contributed by atoms with Gasteiger partial charge in [0.25, 0.3) is 0 Å². The first-order chi connectivity index (χ1) is 7.13. The molecule has 15 heavy (non-hydrogen) atoms. The van der Waals surface area contributed by atoms with E-state index in [1.54, 1.807) is 6.07 Å². The van der Waals surface area contributed by atoms with Crippen LogP contribution in [0.15, 0.2) is 18.3 Å². The maximum Gasteiger partial charge on any atom is 0.141 e. The summed E-state index contributed by atoms with van der Waals surface area (Å²) in [5.41, 5.74) is -0.601. The summed E-state index contributed by atoms with van der Waals surface area (Å²) >= 11 is 0. The van der Waals surface area contributed by atoms with Gasteiger partial charge in [0.2, 0.25) is 0 Å². The SMILES string of the molecule is CCC1(O)CCN(c2ccc(F)cn2)C1. The Morgan fingerprint density at radius 3 is 2.93 bits per heavy atom. The normalized spacial score (nSPS) is 25.9. The number of hydrogen-bond donors (Lipinski definition) is 1. The zero-order valence-electron chi connectivity index (χ0n) is 8.78. The summed E-state index contributed by atoms with van der Waals surface area (Å²) in [5.74, 6) is 0.407. The lowest BCUT2D eigenvalue weighted by Gasteiger charge is -2.22. The Hall–Kier alpha value is -1.16. The highest BCUT2D eigenvalue weighted by molar-refractivity contribution is 5.40. The van der Waals surface area contributed by atoms with Crippen LogP contribution < -0.4 is 4.90 Å². The number of halogens is 1. The number of rotatable bonds is 2. The fraction of sp³-hybridized carbons (Fsp3) is 0.545. The molecule has 0 aliphatic carbocycles. The molecule has 0 bridgehead atoms. The fourth-order valence-electron chi connectivity index (χ4n) is 1.90. The predicted octanol–water partition coefficient (Wildman–Crippen LogP) is 1.57. The van der Waals surface area contributed by atoms with E-state index in [0.29, 0.717) is 6.54 Å². The summed E-state index contributed by atoms with van der Waals surface area (Å²) in [6.45, 7) is 3.34. The molecular formula is C11H15FN2O. The molecule has 1 fully saturated rings. The lowest BCUT2D eigenvalue weighted by Crippen LogP contribution is -2.32. The van der Waals surface area contributed by atoms with Crippen LogP contribution in [0.5, 0.6) is 0 Å². The van der Waals surface area contributed by atoms with Crippen LogP contribution in [0.1, 0.15) is 19.8 Å². The van der Waals surface area contributed by atoms with Gasteiger partial charge in [-0.1, -0.05) is 6.92 Å². The quantitative estimate of drug-likeness (QED) is 0.805. The van der Waals surface area contributed by atoms with E-state index in [0.717, 1.165) is 25.2 Å². The maximum absolute atomic E-state index is 12.7. The minimum Gasteiger partial charge on any atom is -0.388 e. The van der Waals surface area contributed by atoms with Crippen LogP contribution >= 0.6 is 0 Å². The summed E-state index contributed by atoms with van der Waals surface area (Å²) in [6.07, 6.45) is 2.70. The molecule has 0 spiro atoms. The van der Waals surface area contributed by atoms with Crippen molar-refractivity contribution in [2.24, 2.45) is 0 Å². The first-order valence-corrected chi connectivity index (χ1v) is 5.22. The van der Waals surface area contributed by atoms with Crippen LogP contribution in [0.2, 0.25) is 0 Å². The second kappa shape index (κ2) is 3.77. The average molecular weight is 210 g/mol. The standard InChI is InChI=1S/C11H15FN2O/c1-2-11(15)5-6-14(8-11)10-4-3-9(12)7-13-10/h3-4,7,15H,2,5-6,8H2,1H3. The van der Waals surface area contributed by atoms with Crippen LogP contribution in [0.25, 0.3) is 0 Å². The second-order valence-corrected chi connectivity index (χ2v) is 4.08. The number of aliphatic hydroxyl groups is 1. The topological polar surface area (TPSA) is 36.4 Å². The van der Waals surface area contributed by atoms with Crippen molar-refractivity contribution < 1.29 is 9.50 Å². The van der Waals surface area contributed by atoms with Gasteiger partial charge in [-0.25, -0.2) is 9.37 Å². The summed E-state index contributed by atoms with van der Waals surface area (Å²) in [4.78, 5) is 5.99. The van der Waals surface area contributed by atoms with Gasteiger partial charge in [-0.3, -0.25) is 0 Å². The largest absolute Gasteiger partial charge is 0.388 e. The van der Waals surface area contributed by atoms with Crippen molar-refractivity contribution >= 4 is 5.82 Å². The highest BCUT2D eigenvalue weighted by atomic mass is 19.1. The third kappa shape index (κ3) is 2.09. The Balaban J connectivity index is 2.11. The van der Waals surface area contributed by atoms with Crippen LogP contribution in [-0.4, -0.2) is 28.8 Å². The Morgan fingerprint density at radius 1 is 1.60 bits per heavy atom. The van der Waals surface area contributed by atoms with Crippen LogP contribution in [0.4, 0.5) is 10.2 Å². The second-order valence-electron chi connectivity index (χ2n) is 4.08. The number of hydrogen-bond acceptors (Lipinski definition) is 3. The molecule has 1 saturated heterocycles. The monoisotopic (exact) mass is 210 g/mol. The van der Waals surface area contributed by atoms with Crippen LogP contribution in [-0.2, 0) is 0 Å². The van der Waals surface area contributed by atoms with Crippen molar-refractivity contribution in [3.63, 3.8) is 0 Å².